The number of para-hydroxylation sites is 1. The molecule has 0 spiro atoms. The fourth-order valence-electron chi connectivity index (χ4n) is 10.5. The molecule has 8 atom stereocenters. The molecule has 4 saturated heterocycles. The number of imide groups is 1. The molecule has 1 aromatic heterocycles. The third kappa shape index (κ3) is 27.6. The Bertz CT molecular complexity index is 2770. The van der Waals surface area contributed by atoms with Gasteiger partial charge in [-0.1, -0.05) is 190 Å². The lowest BCUT2D eigenvalue weighted by molar-refractivity contribution is -0.156. The van der Waals surface area contributed by atoms with Crippen molar-refractivity contribution in [2.45, 2.75) is 209 Å². The summed E-state index contributed by atoms with van der Waals surface area (Å²) in [6.07, 6.45) is 10.1. The highest BCUT2D eigenvalue weighted by Crippen LogP contribution is 2.29. The summed E-state index contributed by atoms with van der Waals surface area (Å²) < 4.78 is 1.87. The lowest BCUT2D eigenvalue weighted by Crippen LogP contribution is -2.60. The smallest absolute Gasteiger partial charge is 0.254 e. The van der Waals surface area contributed by atoms with Gasteiger partial charge in [-0.25, -0.2) is 0 Å². The Morgan fingerprint density at radius 3 is 1.27 bits per heavy atom. The van der Waals surface area contributed by atoms with E-state index in [0.29, 0.717) is 12.5 Å². The molecule has 1 saturated carbocycles. The van der Waals surface area contributed by atoms with Crippen LogP contribution in [-0.2, 0) is 55.5 Å². The van der Waals surface area contributed by atoms with E-state index in [-0.39, 0.29) is 81.6 Å². The van der Waals surface area contributed by atoms with Crippen molar-refractivity contribution in [1.82, 2.24) is 44.1 Å². The molecule has 0 bridgehead atoms. The molecule has 12 rings (SSSR count). The summed E-state index contributed by atoms with van der Waals surface area (Å²) in [5, 5.41) is 9.05. The molecule has 8 aliphatic rings. The van der Waals surface area contributed by atoms with E-state index in [2.05, 4.69) is 104 Å². The number of rotatable bonds is 0. The van der Waals surface area contributed by atoms with Crippen molar-refractivity contribution in [2.24, 2.45) is 41.8 Å². The number of likely N-dealkylation sites (tertiary alicyclic amines) is 3. The molecule has 0 radical (unpaired) electrons. The van der Waals surface area contributed by atoms with E-state index in [1.165, 1.54) is 81.7 Å². The van der Waals surface area contributed by atoms with Crippen LogP contribution in [0.4, 0.5) is 0 Å². The van der Waals surface area contributed by atoms with Crippen molar-refractivity contribution >= 4 is 52.1 Å². The van der Waals surface area contributed by atoms with Crippen molar-refractivity contribution in [3.05, 3.63) is 126 Å². The number of carbonyl (C=O) groups is 6. The average molecular weight is 1280 g/mol. The largest absolute Gasteiger partial charge is 0.392 e. The van der Waals surface area contributed by atoms with Crippen molar-refractivity contribution < 1.29 is 33.6 Å². The number of hydrogen-bond acceptors (Lipinski definition) is 11. The Balaban J connectivity index is -0.000000958. The van der Waals surface area contributed by atoms with Crippen LogP contribution in [0.1, 0.15) is 198 Å². The zero-order valence-corrected chi connectivity index (χ0v) is 59.1. The van der Waals surface area contributed by atoms with Crippen molar-refractivity contribution in [3.63, 3.8) is 0 Å². The molecular weight excluding hydrogens is 1150 g/mol. The number of hydrogen-bond donors (Lipinski definition) is 0. The number of benzene rings is 3. The summed E-state index contributed by atoms with van der Waals surface area (Å²) in [5.41, 5.74) is 9.50. The van der Waals surface area contributed by atoms with E-state index in [9.17, 15) is 28.8 Å². The zero-order valence-electron chi connectivity index (χ0n) is 59.1. The van der Waals surface area contributed by atoms with Crippen molar-refractivity contribution in [3.8, 4) is 0 Å². The first-order chi connectivity index (χ1) is 42.0. The van der Waals surface area contributed by atoms with Gasteiger partial charge in [0.1, 0.15) is 18.2 Å². The second-order valence-electron chi connectivity index (χ2n) is 23.9. The predicted octanol–water partition coefficient (Wildman–Crippen LogP) is 15.3. The second-order valence-corrected chi connectivity index (χ2v) is 23.9. The van der Waals surface area contributed by atoms with Gasteiger partial charge in [-0.05, 0) is 101 Å². The fraction of sp³-hybridized carbons (Fsp3) is 0.600. The van der Waals surface area contributed by atoms with E-state index >= 15 is 0 Å². The minimum Gasteiger partial charge on any atom is -0.392 e. The molecule has 17 nitrogen and oxygen atoms in total. The Kier molecular flexibility index (Phi) is 43.8. The maximum atomic E-state index is 11.4. The van der Waals surface area contributed by atoms with Crippen LogP contribution < -0.4 is 0 Å². The highest BCUT2D eigenvalue weighted by Gasteiger charge is 2.37. The van der Waals surface area contributed by atoms with Crippen LogP contribution in [0.5, 0.6) is 0 Å². The molecule has 8 heterocycles. The number of oxime groups is 1. The fourth-order valence-corrected chi connectivity index (χ4v) is 10.5. The number of carbonyl (C=O) groups excluding carboxylic acids is 6. The van der Waals surface area contributed by atoms with Gasteiger partial charge in [0, 0.05) is 123 Å². The Morgan fingerprint density at radius 2 is 0.967 bits per heavy atom. The van der Waals surface area contributed by atoms with Crippen LogP contribution in [0, 0.1) is 29.6 Å². The summed E-state index contributed by atoms with van der Waals surface area (Å²) in [5.74, 6) is 3.05. The molecule has 520 valence electrons. The number of allylic oxidation sites excluding steroid dienone is 2. The minimum absolute atomic E-state index is 0. The number of fused-ring (bicyclic) bond motifs is 3. The highest BCUT2D eigenvalue weighted by atomic mass is 16.6. The molecular formula is C75H128N10O7. The topological polar surface area (TPSA) is 165 Å². The summed E-state index contributed by atoms with van der Waals surface area (Å²) in [4.78, 5) is 83.6. The van der Waals surface area contributed by atoms with Crippen LogP contribution in [0.2, 0.25) is 0 Å². The maximum absolute atomic E-state index is 11.4. The highest BCUT2D eigenvalue weighted by molar-refractivity contribution is 6.03. The van der Waals surface area contributed by atoms with E-state index in [0.717, 1.165) is 72.8 Å². The van der Waals surface area contributed by atoms with Gasteiger partial charge in [0.15, 0.2) is 0 Å². The van der Waals surface area contributed by atoms with E-state index < -0.39 is 0 Å². The Hall–Kier alpha value is -7.14. The van der Waals surface area contributed by atoms with Gasteiger partial charge >= 0.3 is 0 Å². The molecule has 6 amide bonds. The number of amides is 6. The second kappa shape index (κ2) is 45.2. The first-order valence-electron chi connectivity index (χ1n) is 32.4. The van der Waals surface area contributed by atoms with Crippen molar-refractivity contribution in [2.75, 3.05) is 55.9 Å². The molecule has 3 aromatic carbocycles. The molecule has 5 fully saturated rings. The van der Waals surface area contributed by atoms with Gasteiger partial charge < -0.3 is 29.3 Å². The third-order valence-corrected chi connectivity index (χ3v) is 16.5. The van der Waals surface area contributed by atoms with E-state index in [4.69, 9.17) is 4.84 Å². The lowest BCUT2D eigenvalue weighted by Gasteiger charge is -2.38. The monoisotopic (exact) mass is 1280 g/mol. The summed E-state index contributed by atoms with van der Waals surface area (Å²) >= 11 is 0. The Morgan fingerprint density at radius 1 is 0.511 bits per heavy atom. The van der Waals surface area contributed by atoms with Gasteiger partial charge in [0.2, 0.25) is 29.5 Å². The number of aryl methyl sites for hydroxylation is 1. The Labute approximate surface area is 559 Å². The van der Waals surface area contributed by atoms with E-state index in [1.54, 1.807) is 51.7 Å². The van der Waals surface area contributed by atoms with Crippen LogP contribution in [0.3, 0.4) is 0 Å². The maximum Gasteiger partial charge on any atom is 0.254 e. The van der Waals surface area contributed by atoms with Crippen LogP contribution in [0.25, 0.3) is 10.9 Å². The first-order valence-corrected chi connectivity index (χ1v) is 32.4. The van der Waals surface area contributed by atoms with Crippen LogP contribution in [0.15, 0.2) is 109 Å². The normalized spacial score (nSPS) is 22.6. The molecule has 4 aromatic rings. The summed E-state index contributed by atoms with van der Waals surface area (Å²) in [6.45, 7) is 42.0. The van der Waals surface area contributed by atoms with Gasteiger partial charge in [-0.3, -0.25) is 43.2 Å². The molecule has 17 heteroatoms. The predicted molar refractivity (Wildman–Crippen MR) is 387 cm³/mol. The van der Waals surface area contributed by atoms with Gasteiger partial charge in [0.25, 0.3) is 5.91 Å². The van der Waals surface area contributed by atoms with Gasteiger partial charge in [0.05, 0.1) is 17.4 Å². The minimum atomic E-state index is -0.321. The third-order valence-electron chi connectivity index (χ3n) is 16.5. The summed E-state index contributed by atoms with van der Waals surface area (Å²) in [6, 6.07) is 23.9. The molecule has 0 N–H and O–H groups in total. The quantitative estimate of drug-likeness (QED) is 0.155. The van der Waals surface area contributed by atoms with Crippen molar-refractivity contribution in [1.29, 1.82) is 0 Å². The van der Waals surface area contributed by atoms with Gasteiger partial charge in [-0.15, -0.1) is 0 Å². The SMILES string of the molecule is C.C.C.C=C1C(C)CCN1C.C=C1CC(C)C(=O)N1C.CC.CC.CC.CC1=NOC(C)C1.CC1C(=O)N(C)C(C)C(=O)N1C.CC1CC(=O)N(C)C1=O.CC1CCC(C)C1.CN1Cc2ccccc2C1.CN1Cc2ccccc2C1=O.Cn1ncc2ccccc21. The molecule has 8 unspecified atom stereocenters. The lowest BCUT2D eigenvalue weighted by atomic mass is 10.1. The van der Waals surface area contributed by atoms with Crippen LogP contribution >= 0.6 is 0 Å². The number of aromatic nitrogens is 2. The number of likely N-dealkylation sites (N-methyl/N-ethyl adjacent to an activating group) is 2. The van der Waals surface area contributed by atoms with E-state index in [1.807, 2.05) is 124 Å². The number of piperazine rings is 1. The zero-order chi connectivity index (χ0) is 68.0. The average Bonchev–Trinajstić information content (AvgIpc) is 1.18. The molecule has 1 aliphatic carbocycles. The first kappa shape index (κ1) is 89.1. The standard InChI is InChI=1S/C9H9NO.C9H11N.C8H14N2O2.C8H8N2.C7H11NO.C7H13N.C7H14.C6H9NO2.C5H9NO.3C2H6.3CH4/c1-10-6-7-4-2-3-5-8(7)9(10)11;1-10-6-8-4-2-3-5-9(8)7-10;1-5-7(11)10(4)6(2)8(12)9(5)3;1-10-8-5-3-2-4-7(8)6-9-10;1-5-4-6(2)8(3)7(5)9;1-6-4-5-8(3)7(6)2;1-6-3-4-7(2)5-6;1-4-3-5(8)7(2)6(4)9;1-4-3-5(2)7-6-4;3*1-2;;;/h2-5H,6H2,1H3;2-5H,6-7H2,1H3;5-6H,1-4H3;2-6H,1H3;5H,2,4H2,1,3H3;6H,2,4-5H2,1,3H3;6-7H,3-5H2,1-2H3;4H,3H2,1-2H3;5H,3H2,1-2H3;3*1-2H3;3*1H4. The van der Waals surface area contributed by atoms with Gasteiger partial charge in [-0.2, -0.15) is 5.10 Å². The van der Waals surface area contributed by atoms with Crippen LogP contribution in [-0.4, -0.2) is 159 Å². The number of nitrogens with zero attached hydrogens (tertiary/aromatic N) is 10. The summed E-state index contributed by atoms with van der Waals surface area (Å²) in [7, 11) is 14.6. The molecule has 7 aliphatic heterocycles. The molecule has 92 heavy (non-hydrogen) atoms.